The number of benzene rings is 1. The van der Waals surface area contributed by atoms with Crippen molar-refractivity contribution in [3.63, 3.8) is 0 Å². The molecule has 1 radical (unpaired) electrons. The molecular weight excluding hydrogens is 180 g/mol. The summed E-state index contributed by atoms with van der Waals surface area (Å²) in [5.74, 6) is 0. The number of hydrogen-bond donors (Lipinski definition) is 1. The maximum Gasteiger partial charge on any atom is 0.414 e. The second-order valence-corrected chi connectivity index (χ2v) is 3.11. The fourth-order valence-electron chi connectivity index (χ4n) is 1.41. The molecule has 1 aromatic rings. The quantitative estimate of drug-likeness (QED) is 0.751. The van der Waals surface area contributed by atoms with E-state index in [0.29, 0.717) is 13.1 Å². The number of rotatable bonds is 2. The molecule has 1 aliphatic rings. The van der Waals surface area contributed by atoms with E-state index >= 15 is 0 Å². The molecule has 1 fully saturated rings. The molecule has 1 amide bonds. The molecule has 4 nitrogen and oxygen atoms in total. The number of nitrogens with zero attached hydrogens (tertiary/aromatic N) is 1. The molecule has 1 aliphatic heterocycles. The number of nitrogens with two attached hydrogens (primary N) is 1. The molecule has 14 heavy (non-hydrogen) atoms. The minimum atomic E-state index is -0.327. The second-order valence-electron chi connectivity index (χ2n) is 3.11. The number of carbonyl (C=O) groups excluding carboxylic acids is 1. The Bertz CT molecular complexity index is 326. The maximum atomic E-state index is 11.4. The Balaban J connectivity index is 2.17. The minimum Gasteiger partial charge on any atom is -0.443 e. The van der Waals surface area contributed by atoms with Gasteiger partial charge in [-0.2, -0.15) is 0 Å². The summed E-state index contributed by atoms with van der Waals surface area (Å²) in [6, 6.07) is 10.1. The van der Waals surface area contributed by atoms with Gasteiger partial charge in [0, 0.05) is 12.2 Å². The fourth-order valence-corrected chi connectivity index (χ4v) is 1.41. The van der Waals surface area contributed by atoms with Crippen molar-refractivity contribution in [3.05, 3.63) is 30.3 Å². The zero-order valence-corrected chi connectivity index (χ0v) is 7.64. The first-order valence-corrected chi connectivity index (χ1v) is 4.45. The van der Waals surface area contributed by atoms with E-state index in [1.807, 2.05) is 12.1 Å². The number of carbonyl (C=O) groups is 1. The van der Waals surface area contributed by atoms with Crippen molar-refractivity contribution >= 4 is 11.8 Å². The van der Waals surface area contributed by atoms with Gasteiger partial charge in [-0.3, -0.25) is 4.90 Å². The molecule has 0 unspecified atom stereocenters. The molecule has 0 saturated carbocycles. The molecule has 0 aromatic heterocycles. The fraction of sp³-hybridized carbons (Fsp3) is 0.300. The van der Waals surface area contributed by atoms with E-state index in [-0.39, 0.29) is 12.2 Å². The molecule has 1 atom stereocenters. The van der Waals surface area contributed by atoms with E-state index in [9.17, 15) is 4.79 Å². The topological polar surface area (TPSA) is 55.6 Å². The lowest BCUT2D eigenvalue weighted by Crippen LogP contribution is -2.27. The largest absolute Gasteiger partial charge is 0.443 e. The van der Waals surface area contributed by atoms with Gasteiger partial charge in [0.15, 0.2) is 0 Å². The van der Waals surface area contributed by atoms with Crippen LogP contribution in [-0.4, -0.2) is 25.3 Å². The molecule has 4 heteroatoms. The zero-order valence-electron chi connectivity index (χ0n) is 7.64. The molecule has 0 aliphatic carbocycles. The summed E-state index contributed by atoms with van der Waals surface area (Å²) in [4.78, 5) is 13.0. The first-order chi connectivity index (χ1) is 6.81. The van der Waals surface area contributed by atoms with Crippen molar-refractivity contribution in [2.45, 2.75) is 6.10 Å². The predicted molar refractivity (Wildman–Crippen MR) is 51.9 cm³/mol. The summed E-state index contributed by atoms with van der Waals surface area (Å²) >= 11 is 0. The standard InChI is InChI=1S/C10H11N2O2/c11-6-9-7-12(10(13)14-9)8-4-2-1-3-5-8/h2-5,9H,6-7,11H2/t9-/m0/s1. The van der Waals surface area contributed by atoms with Crippen LogP contribution in [-0.2, 0) is 4.74 Å². The number of ether oxygens (including phenoxy) is 1. The minimum absolute atomic E-state index is 0.188. The average Bonchev–Trinajstić information content (AvgIpc) is 2.61. The number of amides is 1. The number of cyclic esters (lactones) is 1. The van der Waals surface area contributed by atoms with E-state index in [1.54, 1.807) is 17.0 Å². The van der Waals surface area contributed by atoms with Crippen molar-refractivity contribution in [1.29, 1.82) is 0 Å². The van der Waals surface area contributed by atoms with Crippen molar-refractivity contribution in [2.75, 3.05) is 18.0 Å². The van der Waals surface area contributed by atoms with Crippen LogP contribution in [0.1, 0.15) is 0 Å². The Morgan fingerprint density at radius 1 is 1.57 bits per heavy atom. The van der Waals surface area contributed by atoms with Crippen LogP contribution in [0.3, 0.4) is 0 Å². The van der Waals surface area contributed by atoms with Gasteiger partial charge in [-0.05, 0) is 18.2 Å². The summed E-state index contributed by atoms with van der Waals surface area (Å²) in [5.41, 5.74) is 6.25. The van der Waals surface area contributed by atoms with E-state index in [2.05, 4.69) is 6.07 Å². The van der Waals surface area contributed by atoms with Crippen molar-refractivity contribution in [3.8, 4) is 0 Å². The average molecular weight is 191 g/mol. The Kier molecular flexibility index (Phi) is 2.37. The van der Waals surface area contributed by atoms with Gasteiger partial charge in [-0.1, -0.05) is 12.1 Å². The predicted octanol–water partition coefficient (Wildman–Crippen LogP) is 0.771. The van der Waals surface area contributed by atoms with Gasteiger partial charge in [-0.15, -0.1) is 0 Å². The molecule has 0 spiro atoms. The van der Waals surface area contributed by atoms with Gasteiger partial charge in [0.25, 0.3) is 0 Å². The van der Waals surface area contributed by atoms with Crippen LogP contribution in [0.2, 0.25) is 0 Å². The van der Waals surface area contributed by atoms with Crippen LogP contribution in [0.5, 0.6) is 0 Å². The second kappa shape index (κ2) is 3.67. The number of hydrogen-bond acceptors (Lipinski definition) is 3. The van der Waals surface area contributed by atoms with Crippen LogP contribution in [0.15, 0.2) is 24.3 Å². The Morgan fingerprint density at radius 2 is 2.29 bits per heavy atom. The van der Waals surface area contributed by atoms with Gasteiger partial charge in [0.1, 0.15) is 6.10 Å². The first-order valence-electron chi connectivity index (χ1n) is 4.45. The highest BCUT2D eigenvalue weighted by molar-refractivity contribution is 5.89. The van der Waals surface area contributed by atoms with E-state index < -0.39 is 0 Å². The van der Waals surface area contributed by atoms with E-state index in [4.69, 9.17) is 10.5 Å². The lowest BCUT2D eigenvalue weighted by atomic mass is 10.3. The molecule has 1 heterocycles. The van der Waals surface area contributed by atoms with Crippen LogP contribution in [0.25, 0.3) is 0 Å². The van der Waals surface area contributed by atoms with Gasteiger partial charge in [0.2, 0.25) is 0 Å². The summed E-state index contributed by atoms with van der Waals surface area (Å²) in [7, 11) is 0. The van der Waals surface area contributed by atoms with Crippen LogP contribution in [0, 0.1) is 6.07 Å². The van der Waals surface area contributed by atoms with Crippen molar-refractivity contribution in [1.82, 2.24) is 0 Å². The third kappa shape index (κ3) is 1.56. The smallest absolute Gasteiger partial charge is 0.414 e. The molecular formula is C10H11N2O2. The molecule has 73 valence electrons. The van der Waals surface area contributed by atoms with Gasteiger partial charge < -0.3 is 10.5 Å². The summed E-state index contributed by atoms with van der Waals surface area (Å²) in [5, 5.41) is 0. The van der Waals surface area contributed by atoms with Crippen molar-refractivity contribution in [2.24, 2.45) is 5.73 Å². The maximum absolute atomic E-state index is 11.4. The van der Waals surface area contributed by atoms with Gasteiger partial charge >= 0.3 is 6.09 Å². The SMILES string of the molecule is NC[C@H]1CN(c2cc[c]cc2)C(=O)O1. The Morgan fingerprint density at radius 3 is 2.86 bits per heavy atom. The lowest BCUT2D eigenvalue weighted by Gasteiger charge is -2.11. The van der Waals surface area contributed by atoms with Crippen molar-refractivity contribution < 1.29 is 9.53 Å². The molecule has 1 saturated heterocycles. The van der Waals surface area contributed by atoms with Gasteiger partial charge in [-0.25, -0.2) is 4.79 Å². The van der Waals surface area contributed by atoms with E-state index in [0.717, 1.165) is 5.69 Å². The lowest BCUT2D eigenvalue weighted by molar-refractivity contribution is 0.145. The summed E-state index contributed by atoms with van der Waals surface area (Å²) in [6.07, 6.45) is -0.515. The first kappa shape index (κ1) is 9.02. The Labute approximate surface area is 82.3 Å². The van der Waals surface area contributed by atoms with Crippen LogP contribution in [0.4, 0.5) is 10.5 Å². The monoisotopic (exact) mass is 191 g/mol. The summed E-state index contributed by atoms with van der Waals surface area (Å²) < 4.78 is 5.03. The molecule has 1 aromatic carbocycles. The van der Waals surface area contributed by atoms with Crippen LogP contribution < -0.4 is 10.6 Å². The van der Waals surface area contributed by atoms with E-state index in [1.165, 1.54) is 0 Å². The molecule has 2 N–H and O–H groups in total. The number of anilines is 1. The molecule has 2 rings (SSSR count). The van der Waals surface area contributed by atoms with Gasteiger partial charge in [0.05, 0.1) is 6.54 Å². The zero-order chi connectivity index (χ0) is 9.97. The van der Waals surface area contributed by atoms with Crippen LogP contribution >= 0.6 is 0 Å². The third-order valence-electron chi connectivity index (χ3n) is 2.15. The molecule has 0 bridgehead atoms. The Hall–Kier alpha value is -1.55. The highest BCUT2D eigenvalue weighted by atomic mass is 16.6. The highest BCUT2D eigenvalue weighted by Crippen LogP contribution is 2.20. The summed E-state index contributed by atoms with van der Waals surface area (Å²) in [6.45, 7) is 0.889. The third-order valence-corrected chi connectivity index (χ3v) is 2.15. The highest BCUT2D eigenvalue weighted by Gasteiger charge is 2.30. The normalized spacial score (nSPS) is 21.1.